The van der Waals surface area contributed by atoms with Gasteiger partial charge in [-0.05, 0) is 49.1 Å². The molecule has 0 spiro atoms. The molecule has 3 heteroatoms. The first-order valence-corrected chi connectivity index (χ1v) is 6.47. The van der Waals surface area contributed by atoms with Gasteiger partial charge in [-0.25, -0.2) is 4.68 Å². The van der Waals surface area contributed by atoms with Crippen molar-refractivity contribution in [3.63, 3.8) is 0 Å². The average molecular weight is 243 g/mol. The van der Waals surface area contributed by atoms with Crippen LogP contribution in [-0.4, -0.2) is 16.3 Å². The van der Waals surface area contributed by atoms with Crippen LogP contribution in [0.15, 0.2) is 30.5 Å². The van der Waals surface area contributed by atoms with Crippen molar-refractivity contribution in [3.8, 4) is 5.69 Å². The predicted molar refractivity (Wildman–Crippen MR) is 75.1 cm³/mol. The SMILES string of the molecule is Cc1cccc(-n2ncc(CCN)c2C(C)C)c1. The first kappa shape index (κ1) is 12.8. The molecule has 2 aromatic rings. The molecule has 2 rings (SSSR count). The van der Waals surface area contributed by atoms with Crippen molar-refractivity contribution in [3.05, 3.63) is 47.3 Å². The van der Waals surface area contributed by atoms with Crippen LogP contribution < -0.4 is 5.73 Å². The van der Waals surface area contributed by atoms with E-state index in [4.69, 9.17) is 5.73 Å². The lowest BCUT2D eigenvalue weighted by Gasteiger charge is -2.13. The summed E-state index contributed by atoms with van der Waals surface area (Å²) in [6.45, 7) is 7.16. The third-order valence-corrected chi connectivity index (χ3v) is 3.09. The second-order valence-electron chi connectivity index (χ2n) is 5.00. The third-order valence-electron chi connectivity index (χ3n) is 3.09. The van der Waals surface area contributed by atoms with Gasteiger partial charge in [-0.1, -0.05) is 26.0 Å². The largest absolute Gasteiger partial charge is 0.330 e. The number of benzene rings is 1. The summed E-state index contributed by atoms with van der Waals surface area (Å²) in [5, 5.41) is 4.53. The molecule has 0 amide bonds. The van der Waals surface area contributed by atoms with Crippen LogP contribution in [0.2, 0.25) is 0 Å². The maximum absolute atomic E-state index is 5.66. The highest BCUT2D eigenvalue weighted by atomic mass is 15.3. The molecular formula is C15H21N3. The summed E-state index contributed by atoms with van der Waals surface area (Å²) in [5.74, 6) is 0.439. The van der Waals surface area contributed by atoms with Gasteiger partial charge in [-0.2, -0.15) is 5.10 Å². The van der Waals surface area contributed by atoms with E-state index in [-0.39, 0.29) is 0 Å². The number of hydrogen-bond donors (Lipinski definition) is 1. The van der Waals surface area contributed by atoms with Crippen molar-refractivity contribution in [2.24, 2.45) is 5.73 Å². The summed E-state index contributed by atoms with van der Waals surface area (Å²) in [6.07, 6.45) is 2.84. The minimum atomic E-state index is 0.439. The van der Waals surface area contributed by atoms with Gasteiger partial charge in [-0.15, -0.1) is 0 Å². The van der Waals surface area contributed by atoms with Gasteiger partial charge in [-0.3, -0.25) is 0 Å². The molecule has 0 aliphatic rings. The van der Waals surface area contributed by atoms with Crippen LogP contribution in [0.4, 0.5) is 0 Å². The summed E-state index contributed by atoms with van der Waals surface area (Å²) in [7, 11) is 0. The van der Waals surface area contributed by atoms with Crippen LogP contribution >= 0.6 is 0 Å². The molecule has 0 aliphatic carbocycles. The van der Waals surface area contributed by atoms with E-state index in [1.54, 1.807) is 0 Å². The molecule has 1 aromatic heterocycles. The summed E-state index contributed by atoms with van der Waals surface area (Å²) in [5.41, 5.74) is 10.6. The van der Waals surface area contributed by atoms with Crippen LogP contribution in [-0.2, 0) is 6.42 Å². The van der Waals surface area contributed by atoms with Gasteiger partial charge in [0.05, 0.1) is 17.6 Å². The molecule has 0 unspecified atom stereocenters. The zero-order valence-electron chi connectivity index (χ0n) is 11.4. The van der Waals surface area contributed by atoms with Gasteiger partial charge in [0.15, 0.2) is 0 Å². The standard InChI is InChI=1S/C15H21N3/c1-11(2)15-13(7-8-16)10-17-18(15)14-6-4-5-12(3)9-14/h4-6,9-11H,7-8,16H2,1-3H3. The maximum atomic E-state index is 5.66. The summed E-state index contributed by atoms with van der Waals surface area (Å²) >= 11 is 0. The summed E-state index contributed by atoms with van der Waals surface area (Å²) < 4.78 is 2.04. The maximum Gasteiger partial charge on any atom is 0.0651 e. The lowest BCUT2D eigenvalue weighted by molar-refractivity contribution is 0.723. The van der Waals surface area contributed by atoms with Gasteiger partial charge >= 0.3 is 0 Å². The van der Waals surface area contributed by atoms with E-state index in [1.807, 2.05) is 10.9 Å². The molecule has 2 N–H and O–H groups in total. The van der Waals surface area contributed by atoms with E-state index in [1.165, 1.54) is 16.8 Å². The normalized spacial score (nSPS) is 11.2. The number of aryl methyl sites for hydroxylation is 1. The molecule has 1 aromatic carbocycles. The van der Waals surface area contributed by atoms with Crippen LogP contribution in [0.3, 0.4) is 0 Å². The minimum absolute atomic E-state index is 0.439. The Kier molecular flexibility index (Phi) is 3.82. The van der Waals surface area contributed by atoms with Crippen molar-refractivity contribution < 1.29 is 0 Å². The predicted octanol–water partition coefficient (Wildman–Crippen LogP) is 2.81. The molecule has 1 heterocycles. The zero-order chi connectivity index (χ0) is 13.1. The molecule has 3 nitrogen and oxygen atoms in total. The van der Waals surface area contributed by atoms with Crippen LogP contribution in [0, 0.1) is 6.92 Å². The van der Waals surface area contributed by atoms with E-state index >= 15 is 0 Å². The fourth-order valence-corrected chi connectivity index (χ4v) is 2.32. The van der Waals surface area contributed by atoms with E-state index < -0.39 is 0 Å². The molecule has 0 fully saturated rings. The van der Waals surface area contributed by atoms with Crippen molar-refractivity contribution >= 4 is 0 Å². The number of rotatable bonds is 4. The smallest absolute Gasteiger partial charge is 0.0651 e. The van der Waals surface area contributed by atoms with Crippen molar-refractivity contribution in [2.45, 2.75) is 33.1 Å². The average Bonchev–Trinajstić information content (AvgIpc) is 2.73. The monoisotopic (exact) mass is 243 g/mol. The minimum Gasteiger partial charge on any atom is -0.330 e. The van der Waals surface area contributed by atoms with Crippen molar-refractivity contribution in [1.29, 1.82) is 0 Å². The Morgan fingerprint density at radius 1 is 1.33 bits per heavy atom. The van der Waals surface area contributed by atoms with Crippen molar-refractivity contribution in [2.75, 3.05) is 6.54 Å². The summed E-state index contributed by atoms with van der Waals surface area (Å²) in [4.78, 5) is 0. The Balaban J connectivity index is 2.50. The Bertz CT molecular complexity index is 526. The number of nitrogens with two attached hydrogens (primary N) is 1. The molecule has 18 heavy (non-hydrogen) atoms. The third kappa shape index (κ3) is 2.46. The van der Waals surface area contributed by atoms with E-state index in [0.29, 0.717) is 12.5 Å². The molecular weight excluding hydrogens is 222 g/mol. The molecule has 0 saturated carbocycles. The fraction of sp³-hybridized carbons (Fsp3) is 0.400. The summed E-state index contributed by atoms with van der Waals surface area (Å²) in [6, 6.07) is 8.42. The van der Waals surface area contributed by atoms with E-state index in [0.717, 1.165) is 12.1 Å². The zero-order valence-corrected chi connectivity index (χ0v) is 11.4. The first-order valence-electron chi connectivity index (χ1n) is 6.47. The molecule has 0 saturated heterocycles. The Hall–Kier alpha value is -1.61. The molecule has 0 atom stereocenters. The number of hydrogen-bond acceptors (Lipinski definition) is 2. The van der Waals surface area contributed by atoms with Gasteiger partial charge in [0.25, 0.3) is 0 Å². The lowest BCUT2D eigenvalue weighted by Crippen LogP contribution is -2.08. The van der Waals surface area contributed by atoms with Gasteiger partial charge in [0.2, 0.25) is 0 Å². The molecule has 96 valence electrons. The van der Waals surface area contributed by atoms with Crippen LogP contribution in [0.5, 0.6) is 0 Å². The highest BCUT2D eigenvalue weighted by Gasteiger charge is 2.14. The van der Waals surface area contributed by atoms with E-state index in [2.05, 4.69) is 50.1 Å². The number of nitrogens with zero attached hydrogens (tertiary/aromatic N) is 2. The molecule has 0 radical (unpaired) electrons. The van der Waals surface area contributed by atoms with Gasteiger partial charge in [0, 0.05) is 0 Å². The fourth-order valence-electron chi connectivity index (χ4n) is 2.32. The highest BCUT2D eigenvalue weighted by Crippen LogP contribution is 2.23. The highest BCUT2D eigenvalue weighted by molar-refractivity contribution is 5.38. The van der Waals surface area contributed by atoms with Crippen LogP contribution in [0.1, 0.15) is 36.6 Å². The van der Waals surface area contributed by atoms with E-state index in [9.17, 15) is 0 Å². The lowest BCUT2D eigenvalue weighted by atomic mass is 10.0. The Morgan fingerprint density at radius 2 is 2.11 bits per heavy atom. The first-order chi connectivity index (χ1) is 8.63. The van der Waals surface area contributed by atoms with Crippen LogP contribution in [0.25, 0.3) is 5.69 Å². The number of aromatic nitrogens is 2. The van der Waals surface area contributed by atoms with Gasteiger partial charge < -0.3 is 5.73 Å². The Morgan fingerprint density at radius 3 is 2.72 bits per heavy atom. The quantitative estimate of drug-likeness (QED) is 0.897. The topological polar surface area (TPSA) is 43.8 Å². The molecule has 0 aliphatic heterocycles. The second kappa shape index (κ2) is 5.36. The van der Waals surface area contributed by atoms with Crippen molar-refractivity contribution in [1.82, 2.24) is 9.78 Å². The van der Waals surface area contributed by atoms with Gasteiger partial charge in [0.1, 0.15) is 0 Å². The second-order valence-corrected chi connectivity index (χ2v) is 5.00. The molecule has 0 bridgehead atoms. The Labute approximate surface area is 109 Å².